The van der Waals surface area contributed by atoms with E-state index in [0.29, 0.717) is 19.3 Å². The Hall–Kier alpha value is -1.10. The second-order valence-corrected chi connectivity index (χ2v) is 2.35. The number of carboxylic acids is 2. The Balaban J connectivity index is 0. The average Bonchev–Trinajstić information content (AvgIpc) is 1.85. The predicted octanol–water partition coefficient (Wildman–Crippen LogP) is 0.281. The molecule has 0 saturated carbocycles. The summed E-state index contributed by atoms with van der Waals surface area (Å²) in [6.07, 6.45) is 2.10. The van der Waals surface area contributed by atoms with Crippen molar-refractivity contribution in [3.05, 3.63) is 0 Å². The lowest BCUT2D eigenvalue weighted by Gasteiger charge is -1.94. The van der Waals surface area contributed by atoms with Gasteiger partial charge < -0.3 is 15.7 Å². The molecule has 0 aromatic carbocycles. The summed E-state index contributed by atoms with van der Waals surface area (Å²) in [5.41, 5.74) is 0. The lowest BCUT2D eigenvalue weighted by atomic mass is 10.1. The zero-order valence-electron chi connectivity index (χ0n) is 6.75. The zero-order chi connectivity index (χ0) is 8.69. The first-order valence-electron chi connectivity index (χ1n) is 3.56. The molecule has 0 heterocycles. The summed E-state index contributed by atoms with van der Waals surface area (Å²) in [5, 5.41) is 16.4. The summed E-state index contributed by atoms with van der Waals surface area (Å²) in [5.74, 6) is -1.64. The molecule has 0 rings (SSSR count). The highest BCUT2D eigenvalue weighted by molar-refractivity contribution is 5.67. The molecule has 0 radical (unpaired) electrons. The molecule has 5 nitrogen and oxygen atoms in total. The van der Waals surface area contributed by atoms with Crippen molar-refractivity contribution in [2.24, 2.45) is 0 Å². The second kappa shape index (κ2) is 8.00. The Labute approximate surface area is 70.3 Å². The van der Waals surface area contributed by atoms with Crippen molar-refractivity contribution in [1.29, 1.82) is 0 Å². The molecule has 12 heavy (non-hydrogen) atoms. The van der Waals surface area contributed by atoms with E-state index in [1.54, 1.807) is 0 Å². The highest BCUT2D eigenvalue weighted by Crippen LogP contribution is 2.02. The maximum atomic E-state index is 9.98. The van der Waals surface area contributed by atoms with E-state index in [1.165, 1.54) is 0 Å². The van der Waals surface area contributed by atoms with Crippen LogP contribution < -0.4 is 0 Å². The van der Waals surface area contributed by atoms with Gasteiger partial charge >= 0.3 is 11.9 Å². The highest BCUT2D eigenvalue weighted by atomic mass is 16.4. The Bertz CT molecular complexity index is 127. The van der Waals surface area contributed by atoms with Gasteiger partial charge in [-0.3, -0.25) is 9.59 Å². The summed E-state index contributed by atoms with van der Waals surface area (Å²) in [7, 11) is 0. The topological polar surface area (TPSA) is 106 Å². The molecule has 0 aromatic heterocycles. The lowest BCUT2D eigenvalue weighted by Crippen LogP contribution is -1.96. The van der Waals surface area contributed by atoms with Crippen molar-refractivity contribution in [3.8, 4) is 0 Å². The first-order valence-corrected chi connectivity index (χ1v) is 3.56. The van der Waals surface area contributed by atoms with E-state index < -0.39 is 11.9 Å². The van der Waals surface area contributed by atoms with E-state index in [0.717, 1.165) is 0 Å². The van der Waals surface area contributed by atoms with Gasteiger partial charge in [-0.15, -0.1) is 0 Å². The van der Waals surface area contributed by atoms with Crippen molar-refractivity contribution in [1.82, 2.24) is 0 Å². The van der Waals surface area contributed by atoms with Crippen molar-refractivity contribution >= 4 is 11.9 Å². The van der Waals surface area contributed by atoms with Gasteiger partial charge in [0.2, 0.25) is 0 Å². The van der Waals surface area contributed by atoms with E-state index in [4.69, 9.17) is 10.2 Å². The lowest BCUT2D eigenvalue weighted by molar-refractivity contribution is -0.137. The van der Waals surface area contributed by atoms with Crippen LogP contribution in [-0.2, 0) is 9.59 Å². The van der Waals surface area contributed by atoms with Crippen LogP contribution in [0.3, 0.4) is 0 Å². The first kappa shape index (κ1) is 13.5. The zero-order valence-corrected chi connectivity index (χ0v) is 6.75. The van der Waals surface area contributed by atoms with Crippen LogP contribution in [0, 0.1) is 0 Å². The molecule has 0 fully saturated rings. The number of aliphatic carboxylic acids is 2. The van der Waals surface area contributed by atoms with Crippen LogP contribution in [0.15, 0.2) is 0 Å². The number of carbonyl (C=O) groups is 2. The summed E-state index contributed by atoms with van der Waals surface area (Å²) in [6, 6.07) is 0. The van der Waals surface area contributed by atoms with Gasteiger partial charge in [0.05, 0.1) is 0 Å². The van der Waals surface area contributed by atoms with Gasteiger partial charge in [0, 0.05) is 12.8 Å². The minimum Gasteiger partial charge on any atom is -0.481 e. The van der Waals surface area contributed by atoms with Crippen molar-refractivity contribution in [2.75, 3.05) is 0 Å². The van der Waals surface area contributed by atoms with Crippen molar-refractivity contribution < 1.29 is 25.3 Å². The molecule has 0 spiro atoms. The summed E-state index contributed by atoms with van der Waals surface area (Å²) >= 11 is 0. The molecule has 0 aliphatic rings. The summed E-state index contributed by atoms with van der Waals surface area (Å²) in [6.45, 7) is 0. The van der Waals surface area contributed by atoms with Gasteiger partial charge in [0.1, 0.15) is 0 Å². The highest BCUT2D eigenvalue weighted by Gasteiger charge is 1.98. The maximum Gasteiger partial charge on any atom is 0.303 e. The number of hydrogen-bond donors (Lipinski definition) is 2. The Morgan fingerprint density at radius 1 is 0.833 bits per heavy atom. The van der Waals surface area contributed by atoms with Gasteiger partial charge in [-0.1, -0.05) is 6.42 Å². The quantitative estimate of drug-likeness (QED) is 0.569. The van der Waals surface area contributed by atoms with Crippen LogP contribution in [-0.4, -0.2) is 27.6 Å². The van der Waals surface area contributed by atoms with E-state index in [-0.39, 0.29) is 18.3 Å². The first-order chi connectivity index (χ1) is 5.13. The Morgan fingerprint density at radius 2 is 1.17 bits per heavy atom. The number of carboxylic acid groups (broad SMARTS) is 2. The normalized spacial score (nSPS) is 8.67. The molecule has 0 atom stereocenters. The number of hydrogen-bond acceptors (Lipinski definition) is 2. The van der Waals surface area contributed by atoms with E-state index >= 15 is 0 Å². The van der Waals surface area contributed by atoms with E-state index in [2.05, 4.69) is 0 Å². The minimum absolute atomic E-state index is 0. The molecular formula is C7H14O5. The minimum atomic E-state index is -0.819. The monoisotopic (exact) mass is 178 g/mol. The SMILES string of the molecule is O.O=C(O)CCCCCC(=O)O. The van der Waals surface area contributed by atoms with Crippen LogP contribution in [0.4, 0.5) is 0 Å². The van der Waals surface area contributed by atoms with Crippen LogP contribution in [0.1, 0.15) is 32.1 Å². The molecule has 0 aromatic rings. The molecule has 0 bridgehead atoms. The van der Waals surface area contributed by atoms with Gasteiger partial charge in [0.15, 0.2) is 0 Å². The fourth-order valence-corrected chi connectivity index (χ4v) is 0.729. The van der Waals surface area contributed by atoms with Gasteiger partial charge in [-0.25, -0.2) is 0 Å². The molecule has 72 valence electrons. The fourth-order valence-electron chi connectivity index (χ4n) is 0.729. The Morgan fingerprint density at radius 3 is 1.42 bits per heavy atom. The third-order valence-electron chi connectivity index (χ3n) is 1.28. The molecule has 0 aliphatic carbocycles. The third kappa shape index (κ3) is 11.7. The molecule has 5 heteroatoms. The predicted molar refractivity (Wildman–Crippen MR) is 42.0 cm³/mol. The largest absolute Gasteiger partial charge is 0.481 e. The van der Waals surface area contributed by atoms with Gasteiger partial charge in [0.25, 0.3) is 0 Å². The van der Waals surface area contributed by atoms with Crippen LogP contribution in [0.2, 0.25) is 0 Å². The van der Waals surface area contributed by atoms with Crippen LogP contribution in [0.25, 0.3) is 0 Å². The van der Waals surface area contributed by atoms with E-state index in [1.807, 2.05) is 0 Å². The van der Waals surface area contributed by atoms with Crippen molar-refractivity contribution in [3.63, 3.8) is 0 Å². The van der Waals surface area contributed by atoms with Gasteiger partial charge in [-0.05, 0) is 12.8 Å². The molecular weight excluding hydrogens is 164 g/mol. The number of unbranched alkanes of at least 4 members (excludes halogenated alkanes) is 2. The van der Waals surface area contributed by atoms with Crippen molar-refractivity contribution in [2.45, 2.75) is 32.1 Å². The molecule has 0 saturated heterocycles. The smallest absolute Gasteiger partial charge is 0.303 e. The third-order valence-corrected chi connectivity index (χ3v) is 1.28. The maximum absolute atomic E-state index is 9.98. The molecule has 4 N–H and O–H groups in total. The Kier molecular flexibility index (Phi) is 8.99. The second-order valence-electron chi connectivity index (χ2n) is 2.35. The van der Waals surface area contributed by atoms with Crippen LogP contribution in [0.5, 0.6) is 0 Å². The molecule has 0 amide bonds. The van der Waals surface area contributed by atoms with E-state index in [9.17, 15) is 9.59 Å². The van der Waals surface area contributed by atoms with Crippen LogP contribution >= 0.6 is 0 Å². The summed E-state index contributed by atoms with van der Waals surface area (Å²) < 4.78 is 0. The average molecular weight is 178 g/mol. The molecule has 0 aliphatic heterocycles. The molecule has 0 unspecified atom stereocenters. The number of rotatable bonds is 6. The standard InChI is InChI=1S/C7H12O4.H2O/c8-6(9)4-2-1-3-5-7(10)11;/h1-5H2,(H,8,9)(H,10,11);1H2. The fraction of sp³-hybridized carbons (Fsp3) is 0.714. The summed E-state index contributed by atoms with van der Waals surface area (Å²) in [4.78, 5) is 20.0. The van der Waals surface area contributed by atoms with Gasteiger partial charge in [-0.2, -0.15) is 0 Å².